The van der Waals surface area contributed by atoms with Crippen LogP contribution in [0.5, 0.6) is 0 Å². The number of nitrogens with one attached hydrogen (secondary N) is 2. The Morgan fingerprint density at radius 2 is 2.13 bits per heavy atom. The molecule has 5 rings (SSSR count). The molecular formula is C19H12ClF2N5O3. The van der Waals surface area contributed by atoms with Crippen molar-refractivity contribution in [3.05, 3.63) is 47.0 Å². The van der Waals surface area contributed by atoms with E-state index in [1.807, 2.05) is 0 Å². The summed E-state index contributed by atoms with van der Waals surface area (Å²) in [6.45, 7) is 0. The Morgan fingerprint density at radius 3 is 2.83 bits per heavy atom. The van der Waals surface area contributed by atoms with Gasteiger partial charge in [-0.2, -0.15) is 10.2 Å². The molecule has 4 aromatic rings. The van der Waals surface area contributed by atoms with E-state index in [4.69, 9.17) is 11.6 Å². The van der Waals surface area contributed by atoms with Crippen LogP contribution in [-0.2, 0) is 4.79 Å². The number of halogens is 3. The van der Waals surface area contributed by atoms with Crippen LogP contribution in [0.3, 0.4) is 0 Å². The molecule has 2 atom stereocenters. The number of carbonyl (C=O) groups is 2. The van der Waals surface area contributed by atoms with Gasteiger partial charge in [0.15, 0.2) is 11.6 Å². The molecule has 1 aromatic carbocycles. The summed E-state index contributed by atoms with van der Waals surface area (Å²) in [4.78, 5) is 23.4. The summed E-state index contributed by atoms with van der Waals surface area (Å²) in [7, 11) is 0. The number of amides is 1. The van der Waals surface area contributed by atoms with Crippen LogP contribution in [0.25, 0.3) is 27.5 Å². The normalized spacial score (nSPS) is 18.1. The van der Waals surface area contributed by atoms with Gasteiger partial charge in [0.2, 0.25) is 5.91 Å². The van der Waals surface area contributed by atoms with Crippen LogP contribution in [0, 0.1) is 11.7 Å². The highest BCUT2D eigenvalue weighted by Gasteiger charge is 2.43. The van der Waals surface area contributed by atoms with Gasteiger partial charge >= 0.3 is 5.97 Å². The first-order chi connectivity index (χ1) is 14.3. The molecule has 0 spiro atoms. The number of pyridine rings is 1. The van der Waals surface area contributed by atoms with Gasteiger partial charge in [0, 0.05) is 23.2 Å². The molecule has 30 heavy (non-hydrogen) atoms. The van der Waals surface area contributed by atoms with Crippen molar-refractivity contribution < 1.29 is 23.5 Å². The highest BCUT2D eigenvalue weighted by Crippen LogP contribution is 2.39. The first-order valence-electron chi connectivity index (χ1n) is 8.87. The first-order valence-corrected chi connectivity index (χ1v) is 9.25. The van der Waals surface area contributed by atoms with Crippen LogP contribution in [0.1, 0.15) is 16.8 Å². The van der Waals surface area contributed by atoms with Crippen molar-refractivity contribution in [2.75, 3.05) is 5.32 Å². The molecule has 0 unspecified atom stereocenters. The van der Waals surface area contributed by atoms with Crippen molar-refractivity contribution in [3.63, 3.8) is 0 Å². The zero-order valence-corrected chi connectivity index (χ0v) is 15.7. The third-order valence-electron chi connectivity index (χ3n) is 5.06. The summed E-state index contributed by atoms with van der Waals surface area (Å²) >= 11 is 6.20. The Morgan fingerprint density at radius 1 is 1.37 bits per heavy atom. The van der Waals surface area contributed by atoms with E-state index in [2.05, 4.69) is 20.6 Å². The number of carbonyl (C=O) groups excluding carboxylic acids is 1. The molecule has 152 valence electrons. The van der Waals surface area contributed by atoms with Crippen molar-refractivity contribution in [2.45, 2.75) is 12.6 Å². The number of H-pyrrole nitrogens is 1. The molecular weight excluding hydrogens is 420 g/mol. The van der Waals surface area contributed by atoms with E-state index in [-0.39, 0.29) is 28.3 Å². The fourth-order valence-electron chi connectivity index (χ4n) is 3.46. The second kappa shape index (κ2) is 6.49. The Balaban J connectivity index is 1.60. The Bertz CT molecular complexity index is 1370. The molecule has 3 aromatic heterocycles. The number of hydrogen-bond acceptors (Lipinski definition) is 4. The largest absolute Gasteiger partial charge is 0.478 e. The minimum Gasteiger partial charge on any atom is -0.478 e. The lowest BCUT2D eigenvalue weighted by Crippen LogP contribution is -2.15. The molecule has 0 bridgehead atoms. The van der Waals surface area contributed by atoms with Crippen LogP contribution in [0.15, 0.2) is 30.6 Å². The standard InChI is InChI=1S/C19H12ClF2N5O3/c20-15-13(10-6-23-25-17(10)14(16(15)22)19(29)30)7-1-2-27-8(3-7)4-12(26-27)24-18(28)9-5-11(9)21/h1-4,6,9,11H,5H2,(H,23,25)(H,29,30)(H,24,26,28)/t9-,11+/m1/s1. The van der Waals surface area contributed by atoms with Crippen LogP contribution in [0.2, 0.25) is 5.02 Å². The molecule has 1 aliphatic rings. The average Bonchev–Trinajstić information content (AvgIpc) is 3.08. The third kappa shape index (κ3) is 2.79. The lowest BCUT2D eigenvalue weighted by Gasteiger charge is -2.10. The Kier molecular flexibility index (Phi) is 4.00. The number of rotatable bonds is 4. The van der Waals surface area contributed by atoms with Gasteiger partial charge in [-0.3, -0.25) is 9.89 Å². The van der Waals surface area contributed by atoms with E-state index in [9.17, 15) is 23.5 Å². The van der Waals surface area contributed by atoms with Crippen LogP contribution in [0.4, 0.5) is 14.6 Å². The van der Waals surface area contributed by atoms with Gasteiger partial charge in [-0.25, -0.2) is 18.1 Å². The number of fused-ring (bicyclic) bond motifs is 2. The summed E-state index contributed by atoms with van der Waals surface area (Å²) in [5, 5.41) is 22.4. The molecule has 1 aliphatic carbocycles. The highest BCUT2D eigenvalue weighted by atomic mass is 35.5. The number of carboxylic acid groups (broad SMARTS) is 1. The van der Waals surface area contributed by atoms with Gasteiger partial charge in [0.1, 0.15) is 11.7 Å². The van der Waals surface area contributed by atoms with Gasteiger partial charge in [-0.1, -0.05) is 11.6 Å². The van der Waals surface area contributed by atoms with E-state index in [1.165, 1.54) is 10.7 Å². The monoisotopic (exact) mass is 431 g/mol. The fraction of sp³-hybridized carbons (Fsp3) is 0.158. The number of aromatic nitrogens is 4. The fourth-order valence-corrected chi connectivity index (χ4v) is 3.77. The first kappa shape index (κ1) is 18.5. The van der Waals surface area contributed by atoms with E-state index >= 15 is 0 Å². The minimum atomic E-state index is -1.46. The molecule has 1 amide bonds. The van der Waals surface area contributed by atoms with Crippen molar-refractivity contribution in [2.24, 2.45) is 5.92 Å². The summed E-state index contributed by atoms with van der Waals surface area (Å²) in [6, 6.07) is 4.86. The maximum atomic E-state index is 14.7. The lowest BCUT2D eigenvalue weighted by molar-refractivity contribution is -0.117. The second-order valence-electron chi connectivity index (χ2n) is 7.00. The molecule has 8 nitrogen and oxygen atoms in total. The Labute approximate surface area is 171 Å². The number of nitrogens with zero attached hydrogens (tertiary/aromatic N) is 3. The number of benzene rings is 1. The predicted octanol–water partition coefficient (Wildman–Crippen LogP) is 3.66. The maximum absolute atomic E-state index is 14.7. The van der Waals surface area contributed by atoms with E-state index in [0.717, 1.165) is 0 Å². The molecule has 11 heteroatoms. The minimum absolute atomic E-state index is 0.0194. The predicted molar refractivity (Wildman–Crippen MR) is 104 cm³/mol. The van der Waals surface area contributed by atoms with Crippen molar-refractivity contribution in [1.82, 2.24) is 19.8 Å². The van der Waals surface area contributed by atoms with Crippen molar-refractivity contribution >= 4 is 45.7 Å². The van der Waals surface area contributed by atoms with Crippen LogP contribution >= 0.6 is 11.6 Å². The molecule has 0 saturated heterocycles. The number of carboxylic acids is 1. The molecule has 0 aliphatic heterocycles. The van der Waals surface area contributed by atoms with Gasteiger partial charge in [0.25, 0.3) is 0 Å². The quantitative estimate of drug-likeness (QED) is 0.456. The van der Waals surface area contributed by atoms with Crippen LogP contribution in [-0.4, -0.2) is 43.0 Å². The third-order valence-corrected chi connectivity index (χ3v) is 5.41. The number of alkyl halides is 1. The molecule has 0 radical (unpaired) electrons. The summed E-state index contributed by atoms with van der Waals surface area (Å²) in [5.41, 5.74) is 0.767. The van der Waals surface area contributed by atoms with Crippen molar-refractivity contribution in [1.29, 1.82) is 0 Å². The second-order valence-corrected chi connectivity index (χ2v) is 7.38. The van der Waals surface area contributed by atoms with Gasteiger partial charge in [-0.15, -0.1) is 0 Å². The number of aromatic amines is 1. The topological polar surface area (TPSA) is 112 Å². The molecule has 3 N–H and O–H groups in total. The van der Waals surface area contributed by atoms with Gasteiger partial charge in [0.05, 0.1) is 28.2 Å². The van der Waals surface area contributed by atoms with Crippen LogP contribution < -0.4 is 5.32 Å². The zero-order valence-electron chi connectivity index (χ0n) is 15.0. The lowest BCUT2D eigenvalue weighted by atomic mass is 9.99. The Hall–Kier alpha value is -3.53. The SMILES string of the molecule is O=C(O)c1c(F)c(Cl)c(-c2ccn3nc(NC(=O)[C@@H]4C[C@@H]4F)cc3c2)c2cn[nH]c12. The van der Waals surface area contributed by atoms with E-state index in [0.29, 0.717) is 16.5 Å². The highest BCUT2D eigenvalue weighted by molar-refractivity contribution is 6.36. The average molecular weight is 432 g/mol. The van der Waals surface area contributed by atoms with E-state index in [1.54, 1.807) is 24.4 Å². The molecule has 1 fully saturated rings. The van der Waals surface area contributed by atoms with Gasteiger partial charge < -0.3 is 10.4 Å². The number of aromatic carboxylic acids is 1. The smallest absolute Gasteiger partial charge is 0.340 e. The zero-order chi connectivity index (χ0) is 21.2. The summed E-state index contributed by atoms with van der Waals surface area (Å²) in [6.07, 6.45) is 2.05. The molecule has 1 saturated carbocycles. The number of hydrogen-bond donors (Lipinski definition) is 3. The molecule has 3 heterocycles. The summed E-state index contributed by atoms with van der Waals surface area (Å²) in [5.74, 6) is -3.35. The van der Waals surface area contributed by atoms with Crippen molar-refractivity contribution in [3.8, 4) is 11.1 Å². The number of anilines is 1. The maximum Gasteiger partial charge on any atom is 0.340 e. The van der Waals surface area contributed by atoms with E-state index < -0.39 is 35.3 Å². The van der Waals surface area contributed by atoms with Gasteiger partial charge in [-0.05, 0) is 24.1 Å². The summed E-state index contributed by atoms with van der Waals surface area (Å²) < 4.78 is 29.3.